The Labute approximate surface area is 97.1 Å². The maximum absolute atomic E-state index is 5.69. The third-order valence-electron chi connectivity index (χ3n) is 2.57. The average molecular weight is 184 g/mol. The maximum atomic E-state index is 5.69. The van der Waals surface area contributed by atoms with Crippen LogP contribution < -0.4 is 24.3 Å². The van der Waals surface area contributed by atoms with Crippen LogP contribution in [0.3, 0.4) is 0 Å². The fraction of sp³-hybridized carbons (Fsp3) is 0.400. The van der Waals surface area contributed by atoms with Gasteiger partial charge in [-0.25, -0.2) is 0 Å². The molecule has 1 aromatic rings. The Morgan fingerprint density at radius 2 is 1.64 bits per heavy atom. The maximum Gasteiger partial charge on any atom is 1.00 e. The van der Waals surface area contributed by atoms with Crippen LogP contribution in [0.2, 0.25) is 6.82 Å². The number of hydrogen-bond acceptors (Lipinski definition) is 2. The minimum absolute atomic E-state index is 0. The zero-order valence-electron chi connectivity index (χ0n) is 8.90. The van der Waals surface area contributed by atoms with Gasteiger partial charge < -0.3 is 9.31 Å². The molecule has 0 N–H and O–H groups in total. The van der Waals surface area contributed by atoms with E-state index in [9.17, 15) is 0 Å². The van der Waals surface area contributed by atoms with Crippen molar-refractivity contribution in [2.45, 2.75) is 13.2 Å². The topological polar surface area (TPSA) is 18.5 Å². The van der Waals surface area contributed by atoms with Crippen molar-refractivity contribution in [3.8, 4) is 0 Å². The third kappa shape index (κ3) is 2.43. The smallest absolute Gasteiger partial charge is 0.564 e. The Kier molecular flexibility index (Phi) is 4.28. The van der Waals surface area contributed by atoms with Gasteiger partial charge in [0.25, 0.3) is 6.55 Å². The molecule has 0 radical (unpaired) electrons. The average Bonchev–Trinajstić information content (AvgIpc) is 2.20. The first kappa shape index (κ1) is 11.9. The van der Waals surface area contributed by atoms with E-state index < -0.39 is 6.55 Å². The van der Waals surface area contributed by atoms with E-state index in [1.54, 1.807) is 0 Å². The van der Waals surface area contributed by atoms with Crippen LogP contribution in [0.25, 0.3) is 0 Å². The van der Waals surface area contributed by atoms with Gasteiger partial charge in [0.2, 0.25) is 0 Å². The first-order valence-electron chi connectivity index (χ1n) is 4.83. The summed E-state index contributed by atoms with van der Waals surface area (Å²) in [5.74, 6) is 0. The molecule has 1 aliphatic heterocycles. The molecule has 14 heavy (non-hydrogen) atoms. The first-order chi connectivity index (χ1) is 6.31. The predicted octanol–water partition coefficient (Wildman–Crippen LogP) is -1.59. The van der Waals surface area contributed by atoms with E-state index in [0.717, 1.165) is 25.1 Å². The van der Waals surface area contributed by atoms with Gasteiger partial charge in [-0.1, -0.05) is 30.3 Å². The van der Waals surface area contributed by atoms with Crippen LogP contribution in [-0.2, 0) is 9.31 Å². The summed E-state index contributed by atoms with van der Waals surface area (Å²) in [6.07, 6.45) is 1.00. The van der Waals surface area contributed by atoms with Crippen LogP contribution in [0.15, 0.2) is 30.3 Å². The van der Waals surface area contributed by atoms with Crippen molar-refractivity contribution in [2.75, 3.05) is 13.2 Å². The van der Waals surface area contributed by atoms with Crippen molar-refractivity contribution in [1.29, 1.82) is 0 Å². The molecule has 0 bridgehead atoms. The molecule has 0 amide bonds. The molecule has 1 fully saturated rings. The van der Waals surface area contributed by atoms with E-state index in [1.807, 2.05) is 25.0 Å². The summed E-state index contributed by atoms with van der Waals surface area (Å²) in [6.45, 7) is 2.46. The van der Waals surface area contributed by atoms with Gasteiger partial charge in [0.1, 0.15) is 0 Å². The molecule has 0 aromatic heterocycles. The molecule has 1 saturated heterocycles. The fourth-order valence-electron chi connectivity index (χ4n) is 1.72. The van der Waals surface area contributed by atoms with E-state index >= 15 is 0 Å². The largest absolute Gasteiger partial charge is 1.00 e. The van der Waals surface area contributed by atoms with Gasteiger partial charge in [0.15, 0.2) is 0 Å². The minimum atomic E-state index is -1.20. The quantitative estimate of drug-likeness (QED) is 0.489. The second-order valence-corrected chi connectivity index (χ2v) is 3.60. The number of benzene rings is 1. The monoisotopic (exact) mass is 184 g/mol. The molecule has 1 aliphatic rings. The van der Waals surface area contributed by atoms with Gasteiger partial charge in [0.05, 0.1) is 0 Å². The van der Waals surface area contributed by atoms with Crippen molar-refractivity contribution >= 4 is 12.0 Å². The van der Waals surface area contributed by atoms with E-state index in [-0.39, 0.29) is 18.9 Å². The first-order valence-corrected chi connectivity index (χ1v) is 4.83. The molecule has 0 aliphatic carbocycles. The molecule has 1 aromatic carbocycles. The van der Waals surface area contributed by atoms with Crippen molar-refractivity contribution in [1.82, 2.24) is 0 Å². The van der Waals surface area contributed by atoms with Crippen molar-refractivity contribution < 1.29 is 28.2 Å². The second kappa shape index (κ2) is 5.04. The van der Waals surface area contributed by atoms with E-state index in [4.69, 9.17) is 9.31 Å². The third-order valence-corrected chi connectivity index (χ3v) is 2.57. The van der Waals surface area contributed by atoms with Gasteiger partial charge >= 0.3 is 18.9 Å². The number of hydrogen-bond donors (Lipinski definition) is 0. The number of rotatable bonds is 1. The Morgan fingerprint density at radius 1 is 1.07 bits per heavy atom. The van der Waals surface area contributed by atoms with Crippen LogP contribution in [0.5, 0.6) is 0 Å². The molecule has 0 unspecified atom stereocenters. The molecule has 0 atom stereocenters. The summed E-state index contributed by atoms with van der Waals surface area (Å²) >= 11 is 0. The van der Waals surface area contributed by atoms with E-state index in [0.29, 0.717) is 0 Å². The Hall–Kier alpha value is -0.198. The molecule has 0 saturated carbocycles. The standard InChI is InChI=1S/C10H14BO2.Li/c1-11(12-8-5-9-13-11)10-6-3-2-4-7-10;/h2-4,6-7H,5,8-9H2,1H3;/q-1;+1. The molecule has 4 heteroatoms. The van der Waals surface area contributed by atoms with Crippen LogP contribution in [-0.4, -0.2) is 19.8 Å². The van der Waals surface area contributed by atoms with Crippen LogP contribution in [0.1, 0.15) is 6.42 Å². The van der Waals surface area contributed by atoms with E-state index in [1.165, 1.54) is 0 Å². The molecule has 1 heterocycles. The van der Waals surface area contributed by atoms with Gasteiger partial charge in [-0.3, -0.25) is 0 Å². The minimum Gasteiger partial charge on any atom is -0.564 e. The molecule has 2 rings (SSSR count). The summed E-state index contributed by atoms with van der Waals surface area (Å²) in [5, 5.41) is 0. The molecule has 0 spiro atoms. The van der Waals surface area contributed by atoms with Crippen LogP contribution >= 0.6 is 0 Å². The Morgan fingerprint density at radius 3 is 2.21 bits per heavy atom. The fourth-order valence-corrected chi connectivity index (χ4v) is 1.72. The van der Waals surface area contributed by atoms with Gasteiger partial charge in [-0.15, -0.1) is 6.82 Å². The van der Waals surface area contributed by atoms with Gasteiger partial charge in [-0.05, 0) is 6.42 Å². The van der Waals surface area contributed by atoms with Gasteiger partial charge in [0, 0.05) is 13.2 Å². The van der Waals surface area contributed by atoms with Crippen molar-refractivity contribution in [3.63, 3.8) is 0 Å². The summed E-state index contributed by atoms with van der Waals surface area (Å²) in [5.41, 5.74) is 1.15. The summed E-state index contributed by atoms with van der Waals surface area (Å²) in [4.78, 5) is 0. The van der Waals surface area contributed by atoms with E-state index in [2.05, 4.69) is 12.1 Å². The molecular formula is C10H14BLiO2. The molecule has 2 nitrogen and oxygen atoms in total. The van der Waals surface area contributed by atoms with Crippen molar-refractivity contribution in [3.05, 3.63) is 30.3 Å². The second-order valence-electron chi connectivity index (χ2n) is 3.60. The van der Waals surface area contributed by atoms with Crippen molar-refractivity contribution in [2.24, 2.45) is 0 Å². The SMILES string of the molecule is C[B-]1(c2ccccc2)OCCCO1.[Li+]. The summed E-state index contributed by atoms with van der Waals surface area (Å²) in [7, 11) is 0. The Balaban J connectivity index is 0.000000980. The zero-order chi connectivity index (χ0) is 9.15. The zero-order valence-corrected chi connectivity index (χ0v) is 8.90. The van der Waals surface area contributed by atoms with Crippen LogP contribution in [0.4, 0.5) is 0 Å². The van der Waals surface area contributed by atoms with Crippen LogP contribution in [0, 0.1) is 0 Å². The normalized spacial score (nSPS) is 19.8. The summed E-state index contributed by atoms with van der Waals surface area (Å²) < 4.78 is 11.4. The van der Waals surface area contributed by atoms with Gasteiger partial charge in [-0.2, -0.15) is 5.46 Å². The Bertz CT molecular complexity index is 273. The molecule has 70 valence electrons. The summed E-state index contributed by atoms with van der Waals surface area (Å²) in [6, 6.07) is 10.2. The predicted molar refractivity (Wildman–Crippen MR) is 54.2 cm³/mol. The molecular weight excluding hydrogens is 170 g/mol.